The van der Waals surface area contributed by atoms with E-state index in [1.807, 2.05) is 36.4 Å². The zero-order valence-electron chi connectivity index (χ0n) is 11.7. The molecular formula is C16H15N3O3. The molecule has 3 rings (SSSR count). The Labute approximate surface area is 126 Å². The first-order valence-corrected chi connectivity index (χ1v) is 6.80. The Morgan fingerprint density at radius 3 is 2.86 bits per heavy atom. The molecule has 0 unspecified atom stereocenters. The third-order valence-corrected chi connectivity index (χ3v) is 3.48. The van der Waals surface area contributed by atoms with E-state index in [0.29, 0.717) is 0 Å². The second-order valence-electron chi connectivity index (χ2n) is 4.99. The van der Waals surface area contributed by atoms with E-state index in [1.54, 1.807) is 6.20 Å². The number of benzene rings is 2. The van der Waals surface area contributed by atoms with Gasteiger partial charge in [-0.2, -0.15) is 5.10 Å². The van der Waals surface area contributed by atoms with Gasteiger partial charge in [0.2, 0.25) is 0 Å². The van der Waals surface area contributed by atoms with E-state index < -0.39 is 6.09 Å². The molecule has 4 N–H and O–H groups in total. The maximum absolute atomic E-state index is 10.6. The molecule has 6 heteroatoms. The summed E-state index contributed by atoms with van der Waals surface area (Å²) in [5, 5.41) is 28.4. The van der Waals surface area contributed by atoms with Gasteiger partial charge in [-0.25, -0.2) is 4.79 Å². The van der Waals surface area contributed by atoms with Gasteiger partial charge in [-0.1, -0.05) is 18.2 Å². The fourth-order valence-electron chi connectivity index (χ4n) is 2.47. The van der Waals surface area contributed by atoms with Gasteiger partial charge in [0.1, 0.15) is 0 Å². The number of carboxylic acid groups (broad SMARTS) is 1. The number of H-pyrrole nitrogens is 1. The van der Waals surface area contributed by atoms with E-state index in [4.69, 9.17) is 5.11 Å². The molecule has 22 heavy (non-hydrogen) atoms. The van der Waals surface area contributed by atoms with Crippen LogP contribution >= 0.6 is 0 Å². The molecule has 0 aliphatic heterocycles. The highest BCUT2D eigenvalue weighted by Crippen LogP contribution is 2.29. The highest BCUT2D eigenvalue weighted by atomic mass is 16.4. The maximum Gasteiger partial charge on any atom is 0.404 e. The van der Waals surface area contributed by atoms with Crippen LogP contribution in [0.15, 0.2) is 42.6 Å². The summed E-state index contributed by atoms with van der Waals surface area (Å²) < 4.78 is 0. The second-order valence-corrected chi connectivity index (χ2v) is 4.99. The second kappa shape index (κ2) is 5.87. The molecule has 0 aliphatic rings. The number of hydrogen-bond acceptors (Lipinski definition) is 3. The van der Waals surface area contributed by atoms with Crippen molar-refractivity contribution in [3.8, 4) is 11.1 Å². The van der Waals surface area contributed by atoms with Crippen LogP contribution in [0.4, 0.5) is 4.79 Å². The lowest BCUT2D eigenvalue weighted by molar-refractivity contribution is 0.194. The summed E-state index contributed by atoms with van der Waals surface area (Å²) in [7, 11) is 0. The molecular weight excluding hydrogens is 282 g/mol. The van der Waals surface area contributed by atoms with Crippen LogP contribution in [-0.2, 0) is 13.2 Å². The number of fused-ring (bicyclic) bond motifs is 1. The predicted octanol–water partition coefficient (Wildman–Crippen LogP) is 2.49. The van der Waals surface area contributed by atoms with Crippen LogP contribution in [0.5, 0.6) is 0 Å². The molecule has 0 aliphatic carbocycles. The minimum Gasteiger partial charge on any atom is -0.465 e. The average molecular weight is 297 g/mol. The summed E-state index contributed by atoms with van der Waals surface area (Å²) in [6, 6.07) is 11.4. The van der Waals surface area contributed by atoms with Crippen LogP contribution in [-0.4, -0.2) is 26.5 Å². The molecule has 1 aromatic heterocycles. The number of nitrogens with one attached hydrogen (secondary N) is 2. The Morgan fingerprint density at radius 1 is 1.23 bits per heavy atom. The number of nitrogens with zero attached hydrogens (tertiary/aromatic N) is 1. The van der Waals surface area contributed by atoms with Crippen LogP contribution < -0.4 is 5.32 Å². The van der Waals surface area contributed by atoms with Gasteiger partial charge >= 0.3 is 6.09 Å². The molecule has 6 nitrogen and oxygen atoms in total. The number of aliphatic hydroxyl groups excluding tert-OH is 1. The number of aromatic nitrogens is 2. The minimum absolute atomic E-state index is 0.0534. The molecule has 1 heterocycles. The Balaban J connectivity index is 2.05. The molecule has 1 amide bonds. The Bertz CT molecular complexity index is 826. The van der Waals surface area contributed by atoms with Gasteiger partial charge in [-0.05, 0) is 40.5 Å². The summed E-state index contributed by atoms with van der Waals surface area (Å²) >= 11 is 0. The largest absolute Gasteiger partial charge is 0.465 e. The summed E-state index contributed by atoms with van der Waals surface area (Å²) in [6.45, 7) is 0.194. The maximum atomic E-state index is 10.6. The van der Waals surface area contributed by atoms with E-state index in [-0.39, 0.29) is 13.2 Å². The first kappa shape index (κ1) is 14.1. The van der Waals surface area contributed by atoms with Gasteiger partial charge in [0.05, 0.1) is 18.3 Å². The van der Waals surface area contributed by atoms with Gasteiger partial charge in [-0.15, -0.1) is 0 Å². The molecule has 0 radical (unpaired) electrons. The van der Waals surface area contributed by atoms with E-state index in [9.17, 15) is 9.90 Å². The molecule has 0 saturated heterocycles. The number of carbonyl (C=O) groups is 1. The number of aliphatic hydroxyl groups is 1. The molecule has 0 spiro atoms. The summed E-state index contributed by atoms with van der Waals surface area (Å²) in [6.07, 6.45) is 0.693. The normalized spacial score (nSPS) is 10.8. The lowest BCUT2D eigenvalue weighted by atomic mass is 9.98. The minimum atomic E-state index is -1.05. The topological polar surface area (TPSA) is 98.2 Å². The van der Waals surface area contributed by atoms with Gasteiger partial charge in [0, 0.05) is 11.9 Å². The van der Waals surface area contributed by atoms with Crippen LogP contribution in [0, 0.1) is 0 Å². The Morgan fingerprint density at radius 2 is 2.09 bits per heavy atom. The predicted molar refractivity (Wildman–Crippen MR) is 82.3 cm³/mol. The lowest BCUT2D eigenvalue weighted by Crippen LogP contribution is -2.19. The summed E-state index contributed by atoms with van der Waals surface area (Å²) in [4.78, 5) is 10.6. The van der Waals surface area contributed by atoms with Crippen molar-refractivity contribution in [3.63, 3.8) is 0 Å². The monoisotopic (exact) mass is 297 g/mol. The van der Waals surface area contributed by atoms with Crippen molar-refractivity contribution in [2.24, 2.45) is 0 Å². The van der Waals surface area contributed by atoms with Gasteiger partial charge in [0.25, 0.3) is 0 Å². The standard InChI is InChI=1S/C16H15N3O3/c20-9-11-5-13(14-8-18-19-15(14)6-11)12-3-1-2-10(4-12)7-17-16(21)22/h1-6,8,17,20H,7,9H2,(H,18,19)(H,21,22). The van der Waals surface area contributed by atoms with Crippen LogP contribution in [0.2, 0.25) is 0 Å². The zero-order valence-corrected chi connectivity index (χ0v) is 11.7. The molecule has 3 aromatic rings. The van der Waals surface area contributed by atoms with Crippen molar-refractivity contribution >= 4 is 17.0 Å². The third-order valence-electron chi connectivity index (χ3n) is 3.48. The van der Waals surface area contributed by atoms with Crippen molar-refractivity contribution < 1.29 is 15.0 Å². The molecule has 2 aromatic carbocycles. The fourth-order valence-corrected chi connectivity index (χ4v) is 2.47. The Hall–Kier alpha value is -2.86. The Kier molecular flexibility index (Phi) is 3.76. The number of rotatable bonds is 4. The van der Waals surface area contributed by atoms with Gasteiger partial charge in [0.15, 0.2) is 0 Å². The summed E-state index contributed by atoms with van der Waals surface area (Å²) in [5.41, 5.74) is 4.42. The van der Waals surface area contributed by atoms with Crippen molar-refractivity contribution in [2.75, 3.05) is 0 Å². The number of amides is 1. The highest BCUT2D eigenvalue weighted by molar-refractivity contribution is 5.95. The molecule has 0 atom stereocenters. The summed E-state index contributed by atoms with van der Waals surface area (Å²) in [5.74, 6) is 0. The number of hydrogen-bond donors (Lipinski definition) is 4. The van der Waals surface area contributed by atoms with Crippen molar-refractivity contribution in [1.29, 1.82) is 0 Å². The first-order valence-electron chi connectivity index (χ1n) is 6.80. The highest BCUT2D eigenvalue weighted by Gasteiger charge is 2.09. The molecule has 0 fully saturated rings. The van der Waals surface area contributed by atoms with Crippen molar-refractivity contribution in [2.45, 2.75) is 13.2 Å². The SMILES string of the molecule is O=C(O)NCc1cccc(-c2cc(CO)cc3[nH]ncc23)c1. The van der Waals surface area contributed by atoms with Gasteiger partial charge < -0.3 is 15.5 Å². The first-order chi connectivity index (χ1) is 10.7. The van der Waals surface area contributed by atoms with Gasteiger partial charge in [-0.3, -0.25) is 5.10 Å². The lowest BCUT2D eigenvalue weighted by Gasteiger charge is -2.09. The molecule has 112 valence electrons. The third kappa shape index (κ3) is 2.77. The van der Waals surface area contributed by atoms with Crippen LogP contribution in [0.3, 0.4) is 0 Å². The fraction of sp³-hybridized carbons (Fsp3) is 0.125. The van der Waals surface area contributed by atoms with Crippen molar-refractivity contribution in [1.82, 2.24) is 15.5 Å². The van der Waals surface area contributed by atoms with Crippen molar-refractivity contribution in [3.05, 3.63) is 53.7 Å². The average Bonchev–Trinajstić information content (AvgIpc) is 3.00. The number of aromatic amines is 1. The zero-order chi connectivity index (χ0) is 15.5. The smallest absolute Gasteiger partial charge is 0.404 e. The van der Waals surface area contributed by atoms with Crippen LogP contribution in [0.1, 0.15) is 11.1 Å². The molecule has 0 saturated carbocycles. The van der Waals surface area contributed by atoms with Crippen LogP contribution in [0.25, 0.3) is 22.0 Å². The quantitative estimate of drug-likeness (QED) is 0.594. The van der Waals surface area contributed by atoms with E-state index >= 15 is 0 Å². The molecule has 0 bridgehead atoms. The van der Waals surface area contributed by atoms with E-state index in [0.717, 1.165) is 33.2 Å². The van der Waals surface area contributed by atoms with E-state index in [2.05, 4.69) is 15.5 Å². The van der Waals surface area contributed by atoms with E-state index in [1.165, 1.54) is 0 Å².